The summed E-state index contributed by atoms with van der Waals surface area (Å²) >= 11 is 0. The average Bonchev–Trinajstić information content (AvgIpc) is 2.87. The van der Waals surface area contributed by atoms with Crippen molar-refractivity contribution < 1.29 is 5.11 Å². The van der Waals surface area contributed by atoms with Crippen LogP contribution >= 0.6 is 0 Å². The second-order valence-electron chi connectivity index (χ2n) is 4.76. The lowest BCUT2D eigenvalue weighted by molar-refractivity contribution is 0.214. The molecule has 1 aromatic heterocycles. The summed E-state index contributed by atoms with van der Waals surface area (Å²) in [6.07, 6.45) is 0. The van der Waals surface area contributed by atoms with Gasteiger partial charge >= 0.3 is 0 Å². The molecule has 18 heavy (non-hydrogen) atoms. The van der Waals surface area contributed by atoms with Crippen LogP contribution < -0.4 is 4.90 Å². The number of likely N-dealkylation sites (N-methyl/N-ethyl adjacent to an activating group) is 1. The van der Waals surface area contributed by atoms with Crippen molar-refractivity contribution in [1.82, 2.24) is 20.2 Å². The van der Waals surface area contributed by atoms with E-state index in [1.54, 1.807) is 4.68 Å². The fraction of sp³-hybridized carbons (Fsp3) is 0.417. The van der Waals surface area contributed by atoms with E-state index in [1.165, 1.54) is 0 Å². The van der Waals surface area contributed by atoms with E-state index in [0.717, 1.165) is 5.69 Å². The molecule has 0 aliphatic heterocycles. The van der Waals surface area contributed by atoms with Crippen LogP contribution in [0.5, 0.6) is 0 Å². The largest absolute Gasteiger partial charge is 0.394 e. The molecule has 2 rings (SSSR count). The lowest BCUT2D eigenvalue weighted by Crippen LogP contribution is -2.45. The number of tetrazole rings is 1. The molecule has 1 heterocycles. The number of hydrogen-bond donors (Lipinski definition) is 1. The molecule has 0 fully saturated rings. The second-order valence-corrected chi connectivity index (χ2v) is 4.76. The number of benzene rings is 1. The third-order valence-corrected chi connectivity index (χ3v) is 3.05. The third kappa shape index (κ3) is 2.19. The third-order valence-electron chi connectivity index (χ3n) is 3.05. The molecule has 0 saturated heterocycles. The van der Waals surface area contributed by atoms with Gasteiger partial charge in [-0.25, -0.2) is 0 Å². The Labute approximate surface area is 106 Å². The van der Waals surface area contributed by atoms with Crippen molar-refractivity contribution >= 4 is 5.95 Å². The van der Waals surface area contributed by atoms with Gasteiger partial charge in [-0.3, -0.25) is 0 Å². The number of anilines is 1. The zero-order valence-corrected chi connectivity index (χ0v) is 10.8. The Kier molecular flexibility index (Phi) is 3.29. The van der Waals surface area contributed by atoms with Crippen molar-refractivity contribution in [2.24, 2.45) is 0 Å². The highest BCUT2D eigenvalue weighted by atomic mass is 16.3. The quantitative estimate of drug-likeness (QED) is 0.868. The van der Waals surface area contributed by atoms with Gasteiger partial charge < -0.3 is 10.0 Å². The van der Waals surface area contributed by atoms with Crippen LogP contribution in [0.15, 0.2) is 30.3 Å². The molecule has 2 aromatic rings. The first-order valence-corrected chi connectivity index (χ1v) is 5.75. The number of para-hydroxylation sites is 1. The van der Waals surface area contributed by atoms with Crippen molar-refractivity contribution in [3.63, 3.8) is 0 Å². The first-order valence-electron chi connectivity index (χ1n) is 5.75. The summed E-state index contributed by atoms with van der Waals surface area (Å²) in [6, 6.07) is 9.66. The Morgan fingerprint density at radius 2 is 1.94 bits per heavy atom. The minimum absolute atomic E-state index is 0.0190. The van der Waals surface area contributed by atoms with E-state index < -0.39 is 5.54 Å². The molecule has 0 aliphatic rings. The maximum atomic E-state index is 9.41. The number of rotatable bonds is 4. The van der Waals surface area contributed by atoms with Gasteiger partial charge in [-0.2, -0.15) is 4.68 Å². The molecule has 0 unspecified atom stereocenters. The van der Waals surface area contributed by atoms with E-state index in [0.29, 0.717) is 5.95 Å². The maximum Gasteiger partial charge on any atom is 0.250 e. The van der Waals surface area contributed by atoms with Crippen LogP contribution in [0.4, 0.5) is 5.95 Å². The van der Waals surface area contributed by atoms with Gasteiger partial charge in [0.25, 0.3) is 5.95 Å². The topological polar surface area (TPSA) is 67.1 Å². The van der Waals surface area contributed by atoms with Gasteiger partial charge in [0.2, 0.25) is 0 Å². The highest BCUT2D eigenvalue weighted by Crippen LogP contribution is 2.21. The van der Waals surface area contributed by atoms with Crippen LogP contribution in [-0.4, -0.2) is 44.5 Å². The number of aliphatic hydroxyl groups is 1. The first-order chi connectivity index (χ1) is 8.56. The molecule has 1 N–H and O–H groups in total. The summed E-state index contributed by atoms with van der Waals surface area (Å²) in [5, 5.41) is 21.1. The standard InChI is InChI=1S/C12H17N5O/c1-12(2,9-18)16(3)11-13-14-15-17(11)10-7-5-4-6-8-10/h4-8,18H,9H2,1-3H3. The molecule has 0 aliphatic carbocycles. The summed E-state index contributed by atoms with van der Waals surface area (Å²) < 4.78 is 1.65. The molecule has 6 nitrogen and oxygen atoms in total. The number of aromatic nitrogens is 4. The molecule has 0 atom stereocenters. The Hall–Kier alpha value is -1.95. The Bertz CT molecular complexity index is 508. The minimum Gasteiger partial charge on any atom is -0.394 e. The summed E-state index contributed by atoms with van der Waals surface area (Å²) in [5.41, 5.74) is 0.458. The van der Waals surface area contributed by atoms with E-state index in [-0.39, 0.29) is 6.61 Å². The SMILES string of the molecule is CN(c1nnnn1-c1ccccc1)C(C)(C)CO. The number of nitrogens with zero attached hydrogens (tertiary/aromatic N) is 5. The maximum absolute atomic E-state index is 9.41. The molecular weight excluding hydrogens is 230 g/mol. The van der Waals surface area contributed by atoms with Crippen LogP contribution in [0, 0.1) is 0 Å². The fourth-order valence-corrected chi connectivity index (χ4v) is 1.50. The Morgan fingerprint density at radius 3 is 2.56 bits per heavy atom. The van der Waals surface area contributed by atoms with Crippen LogP contribution in [0.1, 0.15) is 13.8 Å². The first kappa shape index (κ1) is 12.5. The molecule has 0 amide bonds. The lowest BCUT2D eigenvalue weighted by Gasteiger charge is -2.33. The monoisotopic (exact) mass is 247 g/mol. The molecular formula is C12H17N5O. The van der Waals surface area contributed by atoms with E-state index in [2.05, 4.69) is 15.5 Å². The van der Waals surface area contributed by atoms with Crippen molar-refractivity contribution in [2.45, 2.75) is 19.4 Å². The van der Waals surface area contributed by atoms with Crippen LogP contribution in [-0.2, 0) is 0 Å². The Balaban J connectivity index is 2.40. The number of hydrogen-bond acceptors (Lipinski definition) is 5. The van der Waals surface area contributed by atoms with E-state index in [1.807, 2.05) is 56.1 Å². The average molecular weight is 247 g/mol. The minimum atomic E-state index is -0.429. The van der Waals surface area contributed by atoms with Gasteiger partial charge in [0.05, 0.1) is 17.8 Å². The van der Waals surface area contributed by atoms with E-state index in [4.69, 9.17) is 0 Å². The summed E-state index contributed by atoms with van der Waals surface area (Å²) in [4.78, 5) is 1.86. The van der Waals surface area contributed by atoms with Crippen molar-refractivity contribution in [1.29, 1.82) is 0 Å². The molecule has 0 saturated carbocycles. The fourth-order valence-electron chi connectivity index (χ4n) is 1.50. The van der Waals surface area contributed by atoms with E-state index >= 15 is 0 Å². The molecule has 0 spiro atoms. The predicted octanol–water partition coefficient (Wildman–Crippen LogP) is 0.869. The number of aliphatic hydroxyl groups excluding tert-OH is 1. The zero-order valence-electron chi connectivity index (χ0n) is 10.8. The smallest absolute Gasteiger partial charge is 0.250 e. The highest BCUT2D eigenvalue weighted by molar-refractivity contribution is 5.41. The van der Waals surface area contributed by atoms with Crippen LogP contribution in [0.3, 0.4) is 0 Å². The Morgan fingerprint density at radius 1 is 1.28 bits per heavy atom. The van der Waals surface area contributed by atoms with Gasteiger partial charge in [-0.05, 0) is 36.4 Å². The van der Waals surface area contributed by atoms with Gasteiger partial charge in [0, 0.05) is 7.05 Å². The zero-order chi connectivity index (χ0) is 13.2. The van der Waals surface area contributed by atoms with Crippen LogP contribution in [0.25, 0.3) is 5.69 Å². The van der Waals surface area contributed by atoms with Crippen molar-refractivity contribution in [3.8, 4) is 5.69 Å². The van der Waals surface area contributed by atoms with E-state index in [9.17, 15) is 5.11 Å². The molecule has 96 valence electrons. The lowest BCUT2D eigenvalue weighted by atomic mass is 10.1. The van der Waals surface area contributed by atoms with Gasteiger partial charge in [-0.15, -0.1) is 0 Å². The summed E-state index contributed by atoms with van der Waals surface area (Å²) in [7, 11) is 1.86. The second kappa shape index (κ2) is 4.73. The van der Waals surface area contributed by atoms with Gasteiger partial charge in [0.15, 0.2) is 0 Å². The normalized spacial score (nSPS) is 11.6. The molecule has 1 aromatic carbocycles. The van der Waals surface area contributed by atoms with Crippen molar-refractivity contribution in [2.75, 3.05) is 18.6 Å². The molecule has 6 heteroatoms. The van der Waals surface area contributed by atoms with Gasteiger partial charge in [0.1, 0.15) is 0 Å². The summed E-state index contributed by atoms with van der Waals surface area (Å²) in [6.45, 7) is 3.87. The van der Waals surface area contributed by atoms with Crippen LogP contribution in [0.2, 0.25) is 0 Å². The molecule has 0 bridgehead atoms. The van der Waals surface area contributed by atoms with Crippen molar-refractivity contribution in [3.05, 3.63) is 30.3 Å². The van der Waals surface area contributed by atoms with Gasteiger partial charge in [-0.1, -0.05) is 23.3 Å². The summed E-state index contributed by atoms with van der Waals surface area (Å²) in [5.74, 6) is 0.597. The highest BCUT2D eigenvalue weighted by Gasteiger charge is 2.27. The molecule has 0 radical (unpaired) electrons. The predicted molar refractivity (Wildman–Crippen MR) is 68.7 cm³/mol.